The Morgan fingerprint density at radius 3 is 3.15 bits per heavy atom. The minimum atomic E-state index is -0.360. The molecule has 1 atom stereocenters. The summed E-state index contributed by atoms with van der Waals surface area (Å²) in [6, 6.07) is 8.56. The highest BCUT2D eigenvalue weighted by Crippen LogP contribution is 2.31. The van der Waals surface area contributed by atoms with Gasteiger partial charge in [0.15, 0.2) is 0 Å². The van der Waals surface area contributed by atoms with Crippen LogP contribution in [0.1, 0.15) is 29.9 Å². The molecule has 0 radical (unpaired) electrons. The third-order valence-corrected chi connectivity index (χ3v) is 4.20. The molecule has 20 heavy (non-hydrogen) atoms. The Labute approximate surface area is 122 Å². The summed E-state index contributed by atoms with van der Waals surface area (Å²) in [6.07, 6.45) is 5.06. The van der Waals surface area contributed by atoms with E-state index in [-0.39, 0.29) is 10.6 Å². The zero-order valence-corrected chi connectivity index (χ0v) is 11.8. The normalized spacial score (nSPS) is 17.6. The van der Waals surface area contributed by atoms with Crippen molar-refractivity contribution in [2.45, 2.75) is 25.2 Å². The Balaban J connectivity index is 1.77. The lowest BCUT2D eigenvalue weighted by Gasteiger charge is -2.26. The van der Waals surface area contributed by atoms with Crippen LogP contribution in [0.2, 0.25) is 5.02 Å². The third-order valence-electron chi connectivity index (χ3n) is 3.83. The van der Waals surface area contributed by atoms with Gasteiger partial charge in [0, 0.05) is 12.5 Å². The molecule has 0 spiro atoms. The first kappa shape index (κ1) is 13.2. The second-order valence-corrected chi connectivity index (χ2v) is 5.47. The van der Waals surface area contributed by atoms with E-state index in [1.54, 1.807) is 6.20 Å². The molecule has 0 saturated heterocycles. The van der Waals surface area contributed by atoms with Gasteiger partial charge < -0.3 is 5.32 Å². The molecule has 2 N–H and O–H groups in total. The minimum absolute atomic E-state index is 0.170. The molecule has 0 fully saturated rings. The Morgan fingerprint density at radius 1 is 1.40 bits per heavy atom. The van der Waals surface area contributed by atoms with Crippen LogP contribution in [-0.2, 0) is 6.42 Å². The number of aromatic amines is 1. The number of H-pyrrole nitrogens is 1. The largest absolute Gasteiger partial charge is 0.382 e. The highest BCUT2D eigenvalue weighted by molar-refractivity contribution is 6.32. The van der Waals surface area contributed by atoms with Crippen LogP contribution in [0.4, 0.5) is 5.69 Å². The van der Waals surface area contributed by atoms with Crippen molar-refractivity contribution in [3.8, 4) is 0 Å². The van der Waals surface area contributed by atoms with Gasteiger partial charge in [-0.3, -0.25) is 4.79 Å². The summed E-state index contributed by atoms with van der Waals surface area (Å²) in [5.41, 5.74) is 3.07. The monoisotopic (exact) mass is 289 g/mol. The van der Waals surface area contributed by atoms with Gasteiger partial charge in [0.2, 0.25) is 0 Å². The lowest BCUT2D eigenvalue weighted by Crippen LogP contribution is -2.19. The van der Waals surface area contributed by atoms with Crippen LogP contribution in [0.15, 0.2) is 35.3 Å². The molecule has 4 nitrogen and oxygen atoms in total. The summed E-state index contributed by atoms with van der Waals surface area (Å²) in [4.78, 5) is 11.4. The van der Waals surface area contributed by atoms with E-state index in [1.807, 2.05) is 0 Å². The maximum absolute atomic E-state index is 11.4. The number of rotatable bonds is 3. The van der Waals surface area contributed by atoms with Crippen LogP contribution >= 0.6 is 11.6 Å². The predicted octanol–water partition coefficient (Wildman–Crippen LogP) is 2.96. The molecule has 104 valence electrons. The molecule has 1 aliphatic carbocycles. The first-order valence-electron chi connectivity index (χ1n) is 6.80. The van der Waals surface area contributed by atoms with Gasteiger partial charge in [0.1, 0.15) is 5.02 Å². The lowest BCUT2D eigenvalue weighted by atomic mass is 9.83. The summed E-state index contributed by atoms with van der Waals surface area (Å²) >= 11 is 5.96. The maximum Gasteiger partial charge on any atom is 0.285 e. The maximum atomic E-state index is 11.4. The van der Waals surface area contributed by atoms with Crippen molar-refractivity contribution in [2.75, 3.05) is 11.9 Å². The fourth-order valence-electron chi connectivity index (χ4n) is 2.81. The van der Waals surface area contributed by atoms with Gasteiger partial charge in [-0.15, -0.1) is 0 Å². The topological polar surface area (TPSA) is 57.8 Å². The van der Waals surface area contributed by atoms with Crippen LogP contribution in [0.5, 0.6) is 0 Å². The van der Waals surface area contributed by atoms with Gasteiger partial charge in [-0.05, 0) is 30.4 Å². The number of hydrogen-bond donors (Lipinski definition) is 2. The fraction of sp³-hybridized carbons (Fsp3) is 0.333. The van der Waals surface area contributed by atoms with E-state index < -0.39 is 0 Å². The number of fused-ring (bicyclic) bond motifs is 1. The van der Waals surface area contributed by atoms with Gasteiger partial charge in [-0.1, -0.05) is 35.9 Å². The van der Waals surface area contributed by atoms with Crippen molar-refractivity contribution < 1.29 is 0 Å². The number of anilines is 1. The van der Waals surface area contributed by atoms with Gasteiger partial charge in [-0.2, -0.15) is 5.10 Å². The summed E-state index contributed by atoms with van der Waals surface area (Å²) in [5.74, 6) is 0.454. The van der Waals surface area contributed by atoms with Crippen LogP contribution < -0.4 is 10.9 Å². The predicted molar refractivity (Wildman–Crippen MR) is 80.5 cm³/mol. The van der Waals surface area contributed by atoms with E-state index in [9.17, 15) is 4.79 Å². The molecule has 1 heterocycles. The van der Waals surface area contributed by atoms with E-state index in [2.05, 4.69) is 39.8 Å². The van der Waals surface area contributed by atoms with Crippen LogP contribution in [0.25, 0.3) is 0 Å². The highest BCUT2D eigenvalue weighted by atomic mass is 35.5. The second kappa shape index (κ2) is 5.67. The van der Waals surface area contributed by atoms with Crippen molar-refractivity contribution in [3.05, 3.63) is 57.0 Å². The number of hydrogen-bond acceptors (Lipinski definition) is 3. The molecule has 3 rings (SSSR count). The number of nitrogens with one attached hydrogen (secondary N) is 2. The zero-order valence-electron chi connectivity index (χ0n) is 11.0. The van der Waals surface area contributed by atoms with Gasteiger partial charge in [0.25, 0.3) is 5.56 Å². The Hall–Kier alpha value is -1.81. The molecule has 1 aromatic heterocycles. The molecular formula is C15H16ClN3O. The summed E-state index contributed by atoms with van der Waals surface area (Å²) in [6.45, 7) is 0.766. The Kier molecular flexibility index (Phi) is 3.74. The average molecular weight is 290 g/mol. The molecule has 0 bridgehead atoms. The molecule has 1 aromatic carbocycles. The molecule has 0 saturated carbocycles. The zero-order chi connectivity index (χ0) is 13.9. The SMILES string of the molecule is O=c1[nH]ncc(NCC2CCCc3ccccc32)c1Cl. The number of aromatic nitrogens is 2. The molecule has 2 aromatic rings. The van der Waals surface area contributed by atoms with Crippen molar-refractivity contribution in [1.29, 1.82) is 0 Å². The molecule has 0 amide bonds. The molecular weight excluding hydrogens is 274 g/mol. The second-order valence-electron chi connectivity index (χ2n) is 5.10. The Morgan fingerprint density at radius 2 is 2.25 bits per heavy atom. The number of benzene rings is 1. The van der Waals surface area contributed by atoms with Gasteiger partial charge >= 0.3 is 0 Å². The van der Waals surface area contributed by atoms with Crippen LogP contribution in [-0.4, -0.2) is 16.7 Å². The third kappa shape index (κ3) is 2.56. The first-order valence-corrected chi connectivity index (χ1v) is 7.18. The van der Waals surface area contributed by atoms with Gasteiger partial charge in [-0.25, -0.2) is 5.10 Å². The van der Waals surface area contributed by atoms with E-state index in [0.29, 0.717) is 11.6 Å². The molecule has 5 heteroatoms. The summed E-state index contributed by atoms with van der Waals surface area (Å²) in [7, 11) is 0. The standard InChI is InChI=1S/C15H16ClN3O/c16-14-13(9-18-19-15(14)20)17-8-11-6-3-5-10-4-1-2-7-12(10)11/h1-2,4,7,9,11H,3,5-6,8H2,(H2,17,19,20). The molecule has 1 unspecified atom stereocenters. The summed E-state index contributed by atoms with van der Waals surface area (Å²) in [5, 5.41) is 9.51. The molecule has 1 aliphatic rings. The number of nitrogens with zero attached hydrogens (tertiary/aromatic N) is 1. The van der Waals surface area contributed by atoms with E-state index in [1.165, 1.54) is 17.5 Å². The van der Waals surface area contributed by atoms with E-state index in [4.69, 9.17) is 11.6 Å². The van der Waals surface area contributed by atoms with Crippen molar-refractivity contribution >= 4 is 17.3 Å². The number of aryl methyl sites for hydroxylation is 1. The van der Waals surface area contributed by atoms with Crippen LogP contribution in [0, 0.1) is 0 Å². The quantitative estimate of drug-likeness (QED) is 0.913. The van der Waals surface area contributed by atoms with Crippen molar-refractivity contribution in [3.63, 3.8) is 0 Å². The minimum Gasteiger partial charge on any atom is -0.382 e. The first-order chi connectivity index (χ1) is 9.75. The van der Waals surface area contributed by atoms with E-state index >= 15 is 0 Å². The summed E-state index contributed by atoms with van der Waals surface area (Å²) < 4.78 is 0. The van der Waals surface area contributed by atoms with Gasteiger partial charge in [0.05, 0.1) is 11.9 Å². The number of halogens is 1. The Bertz CT molecular complexity index is 668. The van der Waals surface area contributed by atoms with E-state index in [0.717, 1.165) is 19.4 Å². The fourth-order valence-corrected chi connectivity index (χ4v) is 2.96. The van der Waals surface area contributed by atoms with Crippen molar-refractivity contribution in [1.82, 2.24) is 10.2 Å². The smallest absolute Gasteiger partial charge is 0.285 e. The molecule has 0 aliphatic heterocycles. The van der Waals surface area contributed by atoms with Crippen molar-refractivity contribution in [2.24, 2.45) is 0 Å². The lowest BCUT2D eigenvalue weighted by molar-refractivity contribution is 0.571. The highest BCUT2D eigenvalue weighted by Gasteiger charge is 2.19. The van der Waals surface area contributed by atoms with Crippen LogP contribution in [0.3, 0.4) is 0 Å². The average Bonchev–Trinajstić information content (AvgIpc) is 2.49.